The molecular weight excluding hydrogens is 400 g/mol. The van der Waals surface area contributed by atoms with Crippen molar-refractivity contribution >= 4 is 0 Å². The minimum absolute atomic E-state index is 0.148. The van der Waals surface area contributed by atoms with Gasteiger partial charge in [0.15, 0.2) is 0 Å². The second-order valence-corrected chi connectivity index (χ2v) is 5.85. The first kappa shape index (κ1) is 21.0. The molecular formula is C12H10F12N2. The van der Waals surface area contributed by atoms with Gasteiger partial charge in [-0.15, -0.1) is 0 Å². The summed E-state index contributed by atoms with van der Waals surface area (Å²) in [5, 5.41) is -1.05. The van der Waals surface area contributed by atoms with Crippen molar-refractivity contribution < 1.29 is 52.7 Å². The van der Waals surface area contributed by atoms with Crippen LogP contribution in [-0.4, -0.2) is 41.3 Å². The van der Waals surface area contributed by atoms with Crippen LogP contribution in [0.1, 0.15) is 25.7 Å². The van der Waals surface area contributed by atoms with Crippen molar-refractivity contribution in [2.45, 2.75) is 62.0 Å². The van der Waals surface area contributed by atoms with Crippen LogP contribution in [0.2, 0.25) is 0 Å². The van der Waals surface area contributed by atoms with E-state index in [1.807, 2.05) is 0 Å². The van der Waals surface area contributed by atoms with Gasteiger partial charge in [-0.1, -0.05) is 0 Å². The minimum Gasteiger partial charge on any atom is -0.290 e. The van der Waals surface area contributed by atoms with Crippen molar-refractivity contribution in [3.05, 3.63) is 11.3 Å². The Kier molecular flexibility index (Phi) is 4.70. The Bertz CT molecular complexity index is 551. The van der Waals surface area contributed by atoms with E-state index < -0.39 is 65.4 Å². The molecule has 0 fully saturated rings. The highest BCUT2D eigenvalue weighted by Gasteiger charge is 2.78. The highest BCUT2D eigenvalue weighted by Crippen LogP contribution is 2.56. The molecule has 14 heteroatoms. The monoisotopic (exact) mass is 410 g/mol. The van der Waals surface area contributed by atoms with Crippen molar-refractivity contribution in [3.63, 3.8) is 0 Å². The van der Waals surface area contributed by atoms with Crippen LogP contribution in [0.4, 0.5) is 52.7 Å². The topological polar surface area (TPSA) is 15.3 Å². The molecule has 0 atom stereocenters. The molecule has 26 heavy (non-hydrogen) atoms. The maximum absolute atomic E-state index is 13.3. The Balaban J connectivity index is 2.72. The Morgan fingerprint density at radius 3 is 1.54 bits per heavy atom. The lowest BCUT2D eigenvalue weighted by Gasteiger charge is -2.39. The third kappa shape index (κ3) is 3.09. The van der Waals surface area contributed by atoms with Gasteiger partial charge in [0.05, 0.1) is 0 Å². The third-order valence-corrected chi connectivity index (χ3v) is 4.20. The average molecular weight is 410 g/mol. The van der Waals surface area contributed by atoms with E-state index >= 15 is 0 Å². The fraction of sp³-hybridized carbons (Fsp3) is 0.833. The van der Waals surface area contributed by atoms with Crippen molar-refractivity contribution in [1.29, 1.82) is 0 Å². The van der Waals surface area contributed by atoms with E-state index in [9.17, 15) is 52.7 Å². The van der Waals surface area contributed by atoms with Gasteiger partial charge in [0.2, 0.25) is 6.04 Å². The molecule has 0 saturated heterocycles. The van der Waals surface area contributed by atoms with Crippen molar-refractivity contribution in [3.8, 4) is 0 Å². The Morgan fingerprint density at radius 1 is 0.731 bits per heavy atom. The van der Waals surface area contributed by atoms with E-state index in [2.05, 4.69) is 0 Å². The van der Waals surface area contributed by atoms with Gasteiger partial charge in [-0.25, -0.2) is 5.43 Å². The standard InChI is InChI=1S/C12H10F12N2/c13-9(14,15)7(10(16,17)18)26-6-4-2-1-3-5(6)8(25-26,11(19,20)21)12(22,23)24/h7,25H,1-4H2. The van der Waals surface area contributed by atoms with Crippen LogP contribution in [0.5, 0.6) is 0 Å². The maximum Gasteiger partial charge on any atom is 0.421 e. The summed E-state index contributed by atoms with van der Waals surface area (Å²) >= 11 is 0. The largest absolute Gasteiger partial charge is 0.421 e. The SMILES string of the molecule is FC(F)(F)C(N1NC(C(F)(F)F)(C(F)(F)F)C2=C1CCCC2)C(F)(F)F. The number of hydrogen-bond acceptors (Lipinski definition) is 2. The molecule has 1 aliphatic carbocycles. The molecule has 0 unspecified atom stereocenters. The van der Waals surface area contributed by atoms with Gasteiger partial charge in [-0.05, 0) is 31.3 Å². The maximum atomic E-state index is 13.3. The van der Waals surface area contributed by atoms with E-state index in [0.29, 0.717) is 5.43 Å². The molecule has 0 aromatic carbocycles. The van der Waals surface area contributed by atoms with Crippen LogP contribution in [0.25, 0.3) is 0 Å². The lowest BCUT2D eigenvalue weighted by atomic mass is 9.81. The first-order valence-corrected chi connectivity index (χ1v) is 7.01. The lowest BCUT2D eigenvalue weighted by molar-refractivity contribution is -0.323. The quantitative estimate of drug-likeness (QED) is 0.613. The van der Waals surface area contributed by atoms with E-state index in [-0.39, 0.29) is 12.8 Å². The fourth-order valence-electron chi connectivity index (χ4n) is 3.20. The summed E-state index contributed by atoms with van der Waals surface area (Å²) in [6, 6.07) is -4.55. The molecule has 2 rings (SSSR count). The second kappa shape index (κ2) is 5.83. The first-order chi connectivity index (χ1) is 11.4. The molecule has 0 aromatic rings. The van der Waals surface area contributed by atoms with Crippen molar-refractivity contribution in [2.75, 3.05) is 0 Å². The summed E-state index contributed by atoms with van der Waals surface area (Å²) in [6.45, 7) is 0. The van der Waals surface area contributed by atoms with Crippen LogP contribution >= 0.6 is 0 Å². The highest BCUT2D eigenvalue weighted by atomic mass is 19.4. The predicted octanol–water partition coefficient (Wildman–Crippen LogP) is 4.99. The molecule has 0 spiro atoms. The summed E-state index contributed by atoms with van der Waals surface area (Å²) in [5.41, 5.74) is -7.31. The summed E-state index contributed by atoms with van der Waals surface area (Å²) in [6.07, 6.45) is -26.8. The van der Waals surface area contributed by atoms with Crippen molar-refractivity contribution in [1.82, 2.24) is 10.4 Å². The minimum atomic E-state index is -6.21. The van der Waals surface area contributed by atoms with E-state index in [1.54, 1.807) is 0 Å². The average Bonchev–Trinajstić information content (AvgIpc) is 2.71. The molecule has 0 bridgehead atoms. The molecule has 152 valence electrons. The summed E-state index contributed by atoms with van der Waals surface area (Å²) < 4.78 is 157. The zero-order valence-electron chi connectivity index (χ0n) is 12.4. The number of nitrogens with one attached hydrogen (secondary N) is 1. The number of rotatable bonds is 1. The molecule has 0 saturated carbocycles. The number of halogens is 12. The molecule has 1 heterocycles. The Morgan fingerprint density at radius 2 is 1.15 bits per heavy atom. The van der Waals surface area contributed by atoms with Gasteiger partial charge in [-0.2, -0.15) is 52.7 Å². The smallest absolute Gasteiger partial charge is 0.290 e. The van der Waals surface area contributed by atoms with Gasteiger partial charge in [0.25, 0.3) is 5.54 Å². The van der Waals surface area contributed by atoms with Gasteiger partial charge in [0.1, 0.15) is 0 Å². The zero-order chi connectivity index (χ0) is 20.3. The summed E-state index contributed by atoms with van der Waals surface area (Å²) in [4.78, 5) is 0. The first-order valence-electron chi connectivity index (χ1n) is 7.01. The summed E-state index contributed by atoms with van der Waals surface area (Å²) in [7, 11) is 0. The molecule has 2 aliphatic rings. The molecule has 0 aromatic heterocycles. The number of nitrogens with zero attached hydrogens (tertiary/aromatic N) is 1. The zero-order valence-corrected chi connectivity index (χ0v) is 12.4. The molecule has 0 radical (unpaired) electrons. The number of alkyl halides is 12. The van der Waals surface area contributed by atoms with Crippen molar-refractivity contribution in [2.24, 2.45) is 0 Å². The molecule has 0 amide bonds. The predicted molar refractivity (Wildman–Crippen MR) is 61.2 cm³/mol. The van der Waals surface area contributed by atoms with Gasteiger partial charge in [-0.3, -0.25) is 5.01 Å². The Labute approximate surface area is 137 Å². The lowest BCUT2D eigenvalue weighted by Crippen LogP contribution is -2.70. The molecule has 1 N–H and O–H groups in total. The summed E-state index contributed by atoms with van der Waals surface area (Å²) in [5.74, 6) is 0. The van der Waals surface area contributed by atoms with Crippen LogP contribution in [0.15, 0.2) is 11.3 Å². The van der Waals surface area contributed by atoms with Gasteiger partial charge in [0, 0.05) is 5.70 Å². The van der Waals surface area contributed by atoms with E-state index in [0.717, 1.165) is 0 Å². The molecule has 2 nitrogen and oxygen atoms in total. The second-order valence-electron chi connectivity index (χ2n) is 5.85. The Hall–Kier alpha value is -1.34. The highest BCUT2D eigenvalue weighted by molar-refractivity contribution is 5.38. The van der Waals surface area contributed by atoms with E-state index in [1.165, 1.54) is 0 Å². The third-order valence-electron chi connectivity index (χ3n) is 4.20. The normalized spacial score (nSPS) is 22.3. The molecule has 1 aliphatic heterocycles. The van der Waals surface area contributed by atoms with Gasteiger partial charge >= 0.3 is 24.7 Å². The fourth-order valence-corrected chi connectivity index (χ4v) is 3.20. The van der Waals surface area contributed by atoms with Crippen LogP contribution in [0, 0.1) is 0 Å². The van der Waals surface area contributed by atoms with E-state index in [4.69, 9.17) is 0 Å². The van der Waals surface area contributed by atoms with Gasteiger partial charge < -0.3 is 0 Å². The number of hydrazine groups is 1. The van der Waals surface area contributed by atoms with Crippen LogP contribution < -0.4 is 5.43 Å². The number of hydrogen-bond donors (Lipinski definition) is 1. The van der Waals surface area contributed by atoms with Crippen LogP contribution in [0.3, 0.4) is 0 Å². The number of allylic oxidation sites excluding steroid dienone is 1. The van der Waals surface area contributed by atoms with Crippen LogP contribution in [-0.2, 0) is 0 Å².